The Morgan fingerprint density at radius 2 is 2.00 bits per heavy atom. The Kier molecular flexibility index (Phi) is 5.40. The number of halogens is 2. The highest BCUT2D eigenvalue weighted by molar-refractivity contribution is 14.1. The first-order valence-corrected chi connectivity index (χ1v) is 12.9. The van der Waals surface area contributed by atoms with Gasteiger partial charge in [0.25, 0.3) is 0 Å². The number of aryl methyl sites for hydroxylation is 1. The Labute approximate surface area is 197 Å². The van der Waals surface area contributed by atoms with E-state index >= 15 is 0 Å². The van der Waals surface area contributed by atoms with Gasteiger partial charge in [-0.1, -0.05) is 0 Å². The number of fused-ring (bicyclic) bond motifs is 2. The maximum atomic E-state index is 13.9. The van der Waals surface area contributed by atoms with E-state index in [1.54, 1.807) is 4.57 Å². The Balaban J connectivity index is 1.51. The lowest BCUT2D eigenvalue weighted by Crippen LogP contribution is -2.30. The second kappa shape index (κ2) is 7.99. The monoisotopic (exact) mass is 570 g/mol. The Hall–Kier alpha value is -2.19. The second-order valence-electron chi connectivity index (χ2n) is 8.07. The first-order valence-electron chi connectivity index (χ1n) is 10.2. The molecule has 2 aliphatic rings. The average Bonchev–Trinajstić information content (AvgIpc) is 3.47. The fourth-order valence-electron chi connectivity index (χ4n) is 4.02. The van der Waals surface area contributed by atoms with E-state index in [1.807, 2.05) is 12.1 Å². The number of hydrogen-bond donors (Lipinski definition) is 2. The Morgan fingerprint density at radius 1 is 1.22 bits per heavy atom. The van der Waals surface area contributed by atoms with Gasteiger partial charge in [0.05, 0.1) is 5.25 Å². The molecule has 5 rings (SSSR count). The molecule has 0 amide bonds. The fraction of sp³-hybridized carbons (Fsp3) is 0.400. The number of hydrogen-bond acceptors (Lipinski definition) is 7. The number of anilines is 1. The molecule has 0 aliphatic heterocycles. The number of carbonyl (C=O) groups excluding carboxylic acids is 1. The molecule has 168 valence electrons. The first-order chi connectivity index (χ1) is 15.2. The predicted octanol–water partition coefficient (Wildman–Crippen LogP) is 1.95. The van der Waals surface area contributed by atoms with Crippen LogP contribution in [0.3, 0.4) is 0 Å². The van der Waals surface area contributed by atoms with Crippen molar-refractivity contribution >= 4 is 55.4 Å². The van der Waals surface area contributed by atoms with Gasteiger partial charge in [0, 0.05) is 35.1 Å². The number of benzene rings is 1. The SMILES string of the molecule is Nc1nc(F)nc2c1nc(Cc1cc3c(cc1I)CCC3=O)n2CCNS(=O)(=O)C1CC1. The molecule has 1 fully saturated rings. The van der Waals surface area contributed by atoms with Crippen molar-refractivity contribution in [3.63, 3.8) is 0 Å². The Morgan fingerprint density at radius 3 is 2.75 bits per heavy atom. The number of Topliss-reactive ketones (excluding diaryl/α,β-unsaturated/α-hetero) is 1. The van der Waals surface area contributed by atoms with E-state index in [1.165, 1.54) is 0 Å². The van der Waals surface area contributed by atoms with Crippen LogP contribution in [0.2, 0.25) is 0 Å². The predicted molar refractivity (Wildman–Crippen MR) is 124 cm³/mol. The Bertz CT molecular complexity index is 1370. The van der Waals surface area contributed by atoms with Crippen molar-refractivity contribution < 1.29 is 17.6 Å². The number of ketones is 1. The molecule has 9 nitrogen and oxygen atoms in total. The summed E-state index contributed by atoms with van der Waals surface area (Å²) in [6, 6.07) is 3.91. The largest absolute Gasteiger partial charge is 0.382 e. The number of nitrogens with zero attached hydrogens (tertiary/aromatic N) is 4. The van der Waals surface area contributed by atoms with Crippen molar-refractivity contribution in [1.82, 2.24) is 24.2 Å². The van der Waals surface area contributed by atoms with Gasteiger partial charge >= 0.3 is 6.08 Å². The molecule has 2 aromatic heterocycles. The summed E-state index contributed by atoms with van der Waals surface area (Å²) in [7, 11) is -3.36. The zero-order valence-electron chi connectivity index (χ0n) is 16.9. The van der Waals surface area contributed by atoms with Crippen LogP contribution >= 0.6 is 22.6 Å². The molecule has 12 heteroatoms. The lowest BCUT2D eigenvalue weighted by Gasteiger charge is -2.12. The number of sulfonamides is 1. The first kappa shape index (κ1) is 21.6. The average molecular weight is 570 g/mol. The molecule has 0 unspecified atom stereocenters. The van der Waals surface area contributed by atoms with Crippen LogP contribution < -0.4 is 10.5 Å². The third kappa shape index (κ3) is 3.99. The van der Waals surface area contributed by atoms with Crippen LogP contribution in [0.1, 0.15) is 46.6 Å². The van der Waals surface area contributed by atoms with Gasteiger partial charge in [0.2, 0.25) is 10.0 Å². The van der Waals surface area contributed by atoms with E-state index in [0.29, 0.717) is 31.5 Å². The number of nitrogen functional groups attached to an aromatic ring is 1. The van der Waals surface area contributed by atoms with E-state index in [9.17, 15) is 17.6 Å². The van der Waals surface area contributed by atoms with Crippen LogP contribution in [0.25, 0.3) is 11.2 Å². The van der Waals surface area contributed by atoms with Crippen LogP contribution in [0.5, 0.6) is 0 Å². The summed E-state index contributed by atoms with van der Waals surface area (Å²) in [5, 5.41) is -0.331. The zero-order chi connectivity index (χ0) is 22.6. The molecule has 0 radical (unpaired) electrons. The van der Waals surface area contributed by atoms with Gasteiger partial charge in [0.1, 0.15) is 5.82 Å². The van der Waals surface area contributed by atoms with Crippen molar-refractivity contribution in [3.8, 4) is 0 Å². The van der Waals surface area contributed by atoms with Crippen LogP contribution in [0, 0.1) is 9.65 Å². The molecule has 1 aromatic carbocycles. The van der Waals surface area contributed by atoms with Gasteiger partial charge in [-0.25, -0.2) is 18.1 Å². The summed E-state index contributed by atoms with van der Waals surface area (Å²) in [6.45, 7) is 0.316. The molecular weight excluding hydrogens is 550 g/mol. The van der Waals surface area contributed by atoms with Crippen LogP contribution in [-0.4, -0.2) is 45.5 Å². The molecule has 2 aliphatic carbocycles. The molecule has 2 heterocycles. The number of aromatic nitrogens is 4. The number of nitrogens with one attached hydrogen (secondary N) is 1. The fourth-order valence-corrected chi connectivity index (χ4v) is 6.11. The second-order valence-corrected chi connectivity index (χ2v) is 11.3. The van der Waals surface area contributed by atoms with Crippen molar-refractivity contribution in [3.05, 3.63) is 44.3 Å². The van der Waals surface area contributed by atoms with Gasteiger partial charge in [-0.15, -0.1) is 0 Å². The third-order valence-electron chi connectivity index (χ3n) is 5.82. The van der Waals surface area contributed by atoms with E-state index in [4.69, 9.17) is 5.73 Å². The minimum absolute atomic E-state index is 0.0788. The summed E-state index contributed by atoms with van der Waals surface area (Å²) in [5.74, 6) is 0.586. The third-order valence-corrected chi connectivity index (χ3v) is 8.78. The van der Waals surface area contributed by atoms with Crippen molar-refractivity contribution in [1.29, 1.82) is 0 Å². The number of nitrogens with two attached hydrogens (primary N) is 1. The normalized spacial score (nSPS) is 16.1. The maximum Gasteiger partial charge on any atom is 0.312 e. The minimum atomic E-state index is -3.36. The van der Waals surface area contributed by atoms with Crippen molar-refractivity contribution in [2.24, 2.45) is 0 Å². The van der Waals surface area contributed by atoms with E-state index < -0.39 is 16.1 Å². The summed E-state index contributed by atoms with van der Waals surface area (Å²) in [4.78, 5) is 24.2. The molecule has 0 atom stereocenters. The van der Waals surface area contributed by atoms with Crippen LogP contribution in [-0.2, 0) is 29.4 Å². The number of carbonyl (C=O) groups is 1. The summed E-state index contributed by atoms with van der Waals surface area (Å²) >= 11 is 2.23. The van der Waals surface area contributed by atoms with Gasteiger partial charge in [-0.3, -0.25) is 4.79 Å². The molecule has 32 heavy (non-hydrogen) atoms. The molecule has 1 saturated carbocycles. The van der Waals surface area contributed by atoms with Gasteiger partial charge in [0.15, 0.2) is 22.8 Å². The lowest BCUT2D eigenvalue weighted by atomic mass is 10.0. The van der Waals surface area contributed by atoms with E-state index in [2.05, 4.69) is 42.3 Å². The smallest absolute Gasteiger partial charge is 0.312 e. The molecule has 3 aromatic rings. The topological polar surface area (TPSA) is 133 Å². The number of imidazole rings is 1. The highest BCUT2D eigenvalue weighted by atomic mass is 127. The summed E-state index contributed by atoms with van der Waals surface area (Å²) < 4.78 is 43.5. The van der Waals surface area contributed by atoms with Gasteiger partial charge < -0.3 is 10.3 Å². The highest BCUT2D eigenvalue weighted by Crippen LogP contribution is 2.29. The minimum Gasteiger partial charge on any atom is -0.382 e. The van der Waals surface area contributed by atoms with Crippen molar-refractivity contribution in [2.75, 3.05) is 12.3 Å². The van der Waals surface area contributed by atoms with E-state index in [0.717, 1.165) is 26.7 Å². The van der Waals surface area contributed by atoms with E-state index in [-0.39, 0.29) is 41.1 Å². The maximum absolute atomic E-state index is 13.9. The molecule has 0 bridgehead atoms. The summed E-state index contributed by atoms with van der Waals surface area (Å²) in [5.41, 5.74) is 9.03. The molecule has 0 spiro atoms. The lowest BCUT2D eigenvalue weighted by molar-refractivity contribution is 0.0994. The van der Waals surface area contributed by atoms with Crippen molar-refractivity contribution in [2.45, 2.75) is 43.9 Å². The molecular formula is C20H20FIN6O3S. The van der Waals surface area contributed by atoms with Gasteiger partial charge in [-0.2, -0.15) is 14.4 Å². The standard InChI is InChI=1S/C20H20FIN6O3S/c21-20-26-18(23)17-19(27-20)28(6-5-24-32(30,31)12-2-3-12)16(25-17)9-11-7-13-10(8-14(11)22)1-4-15(13)29/h7-8,12,24H,1-6,9H2,(H2,23,26,27). The quantitative estimate of drug-likeness (QED) is 0.328. The zero-order valence-corrected chi connectivity index (χ0v) is 19.9. The molecule has 0 saturated heterocycles. The van der Waals surface area contributed by atoms with Gasteiger partial charge in [-0.05, 0) is 65.1 Å². The highest BCUT2D eigenvalue weighted by Gasteiger charge is 2.35. The molecule has 3 N–H and O–H groups in total. The van der Waals surface area contributed by atoms with Crippen LogP contribution in [0.15, 0.2) is 12.1 Å². The van der Waals surface area contributed by atoms with Crippen LogP contribution in [0.4, 0.5) is 10.2 Å². The summed E-state index contributed by atoms with van der Waals surface area (Å²) in [6.07, 6.45) is 1.97. The number of rotatable bonds is 7.